The van der Waals surface area contributed by atoms with Crippen LogP contribution < -0.4 is 10.2 Å². The number of aromatic nitrogens is 4. The molecule has 1 N–H and O–H groups in total. The fourth-order valence-electron chi connectivity index (χ4n) is 3.02. The van der Waals surface area contributed by atoms with Crippen molar-refractivity contribution in [3.05, 3.63) is 29.3 Å². The third-order valence-electron chi connectivity index (χ3n) is 4.40. The Balaban J connectivity index is 1.77. The van der Waals surface area contributed by atoms with E-state index >= 15 is 0 Å². The molecule has 0 bridgehead atoms. The van der Waals surface area contributed by atoms with Crippen molar-refractivity contribution >= 4 is 23.4 Å². The first kappa shape index (κ1) is 17.0. The fraction of sp³-hybridized carbons (Fsp3) is 0.529. The molecule has 0 radical (unpaired) electrons. The van der Waals surface area contributed by atoms with E-state index in [4.69, 9.17) is 4.98 Å². The predicted molar refractivity (Wildman–Crippen MR) is 98.9 cm³/mol. The summed E-state index contributed by atoms with van der Waals surface area (Å²) in [6.07, 6.45) is 5.91. The van der Waals surface area contributed by atoms with Crippen molar-refractivity contribution in [3.63, 3.8) is 0 Å². The first-order valence-corrected chi connectivity index (χ1v) is 9.48. The van der Waals surface area contributed by atoms with Gasteiger partial charge in [-0.2, -0.15) is 0 Å². The molecule has 1 fully saturated rings. The summed E-state index contributed by atoms with van der Waals surface area (Å²) in [4.78, 5) is 20.1. The Morgan fingerprint density at radius 2 is 2.04 bits per heavy atom. The average molecular weight is 344 g/mol. The zero-order valence-corrected chi connectivity index (χ0v) is 15.5. The second kappa shape index (κ2) is 7.34. The summed E-state index contributed by atoms with van der Waals surface area (Å²) in [6, 6.07) is 2.35. The quantitative estimate of drug-likeness (QED) is 0.675. The first-order chi connectivity index (χ1) is 11.6. The number of nitrogens with zero attached hydrogens (tertiary/aromatic N) is 5. The van der Waals surface area contributed by atoms with Crippen LogP contribution in [-0.2, 0) is 0 Å². The molecule has 0 aromatic carbocycles. The van der Waals surface area contributed by atoms with Gasteiger partial charge < -0.3 is 10.2 Å². The Morgan fingerprint density at radius 3 is 2.79 bits per heavy atom. The highest BCUT2D eigenvalue weighted by Gasteiger charge is 2.23. The molecule has 1 aliphatic rings. The van der Waals surface area contributed by atoms with Crippen LogP contribution in [-0.4, -0.2) is 45.3 Å². The number of aryl methyl sites for hydroxylation is 2. The summed E-state index contributed by atoms with van der Waals surface area (Å²) in [5, 5.41) is 4.38. The highest BCUT2D eigenvalue weighted by molar-refractivity contribution is 7.98. The van der Waals surface area contributed by atoms with Crippen molar-refractivity contribution in [2.45, 2.75) is 44.8 Å². The van der Waals surface area contributed by atoms with Crippen molar-refractivity contribution in [1.82, 2.24) is 19.9 Å². The maximum Gasteiger partial charge on any atom is 0.189 e. The minimum Gasteiger partial charge on any atom is -0.365 e. The molecule has 3 rings (SSSR count). The molecule has 6 nitrogen and oxygen atoms in total. The van der Waals surface area contributed by atoms with Crippen LogP contribution in [0.4, 0.5) is 11.6 Å². The first-order valence-electron chi connectivity index (χ1n) is 8.26. The lowest BCUT2D eigenvalue weighted by atomic mass is 10.0. The highest BCUT2D eigenvalue weighted by Crippen LogP contribution is 2.26. The zero-order chi connectivity index (χ0) is 17.1. The normalized spacial score (nSPS) is 17.8. The minimum absolute atomic E-state index is 0.362. The number of piperidine rings is 1. The van der Waals surface area contributed by atoms with Crippen LogP contribution in [0, 0.1) is 20.8 Å². The SMILES string of the molecule is CSc1nc(C)c(C)c(N2CCCC(Nc3cc(C)ncn3)C2)n1. The number of hydrogen-bond donors (Lipinski definition) is 1. The maximum absolute atomic E-state index is 4.76. The van der Waals surface area contributed by atoms with Crippen LogP contribution in [0.5, 0.6) is 0 Å². The summed E-state index contributed by atoms with van der Waals surface area (Å²) in [7, 11) is 0. The molecule has 2 aromatic heterocycles. The molecule has 1 unspecified atom stereocenters. The van der Waals surface area contributed by atoms with Gasteiger partial charge in [-0.1, -0.05) is 11.8 Å². The molecular weight excluding hydrogens is 320 g/mol. The van der Waals surface area contributed by atoms with Crippen molar-refractivity contribution in [2.24, 2.45) is 0 Å². The molecule has 2 aromatic rings. The number of anilines is 2. The topological polar surface area (TPSA) is 66.8 Å². The van der Waals surface area contributed by atoms with Gasteiger partial charge in [0, 0.05) is 42.1 Å². The van der Waals surface area contributed by atoms with Crippen molar-refractivity contribution in [1.29, 1.82) is 0 Å². The van der Waals surface area contributed by atoms with E-state index in [2.05, 4.69) is 39.0 Å². The van der Waals surface area contributed by atoms with E-state index in [1.54, 1.807) is 18.1 Å². The lowest BCUT2D eigenvalue weighted by molar-refractivity contribution is 0.523. The van der Waals surface area contributed by atoms with E-state index in [1.165, 1.54) is 5.56 Å². The molecule has 7 heteroatoms. The summed E-state index contributed by atoms with van der Waals surface area (Å²) < 4.78 is 0. The molecule has 0 amide bonds. The van der Waals surface area contributed by atoms with E-state index < -0.39 is 0 Å². The molecular formula is C17H24N6S. The van der Waals surface area contributed by atoms with Gasteiger partial charge in [0.05, 0.1) is 0 Å². The smallest absolute Gasteiger partial charge is 0.189 e. The number of nitrogens with one attached hydrogen (secondary N) is 1. The molecule has 1 saturated heterocycles. The van der Waals surface area contributed by atoms with E-state index in [0.717, 1.165) is 54.1 Å². The monoisotopic (exact) mass is 344 g/mol. The van der Waals surface area contributed by atoms with Gasteiger partial charge in [0.15, 0.2) is 5.16 Å². The number of rotatable bonds is 4. The Kier molecular flexibility index (Phi) is 5.18. The van der Waals surface area contributed by atoms with E-state index in [9.17, 15) is 0 Å². The van der Waals surface area contributed by atoms with Crippen molar-refractivity contribution in [3.8, 4) is 0 Å². The van der Waals surface area contributed by atoms with Gasteiger partial charge in [0.25, 0.3) is 0 Å². The van der Waals surface area contributed by atoms with Crippen molar-refractivity contribution in [2.75, 3.05) is 29.6 Å². The highest BCUT2D eigenvalue weighted by atomic mass is 32.2. The summed E-state index contributed by atoms with van der Waals surface area (Å²) in [5.74, 6) is 1.96. The van der Waals surface area contributed by atoms with Gasteiger partial charge in [-0.15, -0.1) is 0 Å². The standard InChI is InChI=1S/C17H24N6S/c1-11-8-15(19-10-18-11)21-14-6-5-7-23(9-14)16-12(2)13(3)20-17(22-16)24-4/h8,10,14H,5-7,9H2,1-4H3,(H,18,19,21). The molecule has 0 saturated carbocycles. The van der Waals surface area contributed by atoms with Crippen LogP contribution in [0.25, 0.3) is 0 Å². The fourth-order valence-corrected chi connectivity index (χ4v) is 3.42. The summed E-state index contributed by atoms with van der Waals surface area (Å²) in [5.41, 5.74) is 3.21. The van der Waals surface area contributed by atoms with Crippen molar-refractivity contribution < 1.29 is 0 Å². The molecule has 128 valence electrons. The van der Waals surface area contributed by atoms with E-state index in [-0.39, 0.29) is 0 Å². The molecule has 0 spiro atoms. The van der Waals surface area contributed by atoms with Gasteiger partial charge in [-0.25, -0.2) is 19.9 Å². The average Bonchev–Trinajstić information content (AvgIpc) is 2.57. The van der Waals surface area contributed by atoms with Gasteiger partial charge in [-0.3, -0.25) is 0 Å². The summed E-state index contributed by atoms with van der Waals surface area (Å²) >= 11 is 1.59. The van der Waals surface area contributed by atoms with E-state index in [1.807, 2.05) is 19.2 Å². The van der Waals surface area contributed by atoms with E-state index in [0.29, 0.717) is 6.04 Å². The van der Waals surface area contributed by atoms with Crippen LogP contribution in [0.1, 0.15) is 29.8 Å². The zero-order valence-electron chi connectivity index (χ0n) is 14.7. The van der Waals surface area contributed by atoms with Crippen LogP contribution in [0.2, 0.25) is 0 Å². The third kappa shape index (κ3) is 3.77. The van der Waals surface area contributed by atoms with Crippen LogP contribution in [0.3, 0.4) is 0 Å². The minimum atomic E-state index is 0.362. The van der Waals surface area contributed by atoms with Gasteiger partial charge >= 0.3 is 0 Å². The predicted octanol–water partition coefficient (Wildman–Crippen LogP) is 2.99. The lowest BCUT2D eigenvalue weighted by Crippen LogP contribution is -2.43. The van der Waals surface area contributed by atoms with Crippen LogP contribution >= 0.6 is 11.8 Å². The lowest BCUT2D eigenvalue weighted by Gasteiger charge is -2.35. The second-order valence-electron chi connectivity index (χ2n) is 6.22. The number of thioether (sulfide) groups is 1. The molecule has 3 heterocycles. The third-order valence-corrected chi connectivity index (χ3v) is 4.95. The summed E-state index contributed by atoms with van der Waals surface area (Å²) in [6.45, 7) is 8.11. The Hall–Kier alpha value is -1.89. The molecule has 1 atom stereocenters. The largest absolute Gasteiger partial charge is 0.365 e. The maximum atomic E-state index is 4.76. The van der Waals surface area contributed by atoms with Gasteiger partial charge in [-0.05, 0) is 39.9 Å². The number of hydrogen-bond acceptors (Lipinski definition) is 7. The Morgan fingerprint density at radius 1 is 1.21 bits per heavy atom. The van der Waals surface area contributed by atoms with Crippen LogP contribution in [0.15, 0.2) is 17.6 Å². The molecule has 24 heavy (non-hydrogen) atoms. The Labute approximate surface area is 147 Å². The van der Waals surface area contributed by atoms with Gasteiger partial charge in [0.1, 0.15) is 18.0 Å². The molecule has 0 aliphatic carbocycles. The Bertz CT molecular complexity index is 720. The second-order valence-corrected chi connectivity index (χ2v) is 6.99. The molecule has 1 aliphatic heterocycles. The van der Waals surface area contributed by atoms with Gasteiger partial charge in [0.2, 0.25) is 0 Å².